The molecule has 13 heavy (non-hydrogen) atoms. The maximum Gasteiger partial charge on any atom is 0.219 e. The molecule has 2 heteroatoms. The van der Waals surface area contributed by atoms with Crippen LogP contribution in [0.3, 0.4) is 0 Å². The number of hydrogen-bond donors (Lipinski definition) is 0. The fourth-order valence-electron chi connectivity index (χ4n) is 2.00. The zero-order valence-corrected chi connectivity index (χ0v) is 9.26. The first kappa shape index (κ1) is 10.6. The summed E-state index contributed by atoms with van der Waals surface area (Å²) in [7, 11) is 0. The van der Waals surface area contributed by atoms with Gasteiger partial charge in [-0.3, -0.25) is 4.79 Å². The maximum absolute atomic E-state index is 11.3. The Morgan fingerprint density at radius 1 is 1.46 bits per heavy atom. The number of hydrogen-bond acceptors (Lipinski definition) is 1. The average Bonchev–Trinajstić information content (AvgIpc) is 2.11. The first-order chi connectivity index (χ1) is 5.91. The molecule has 0 aliphatic carbocycles. The molecule has 0 aromatic rings. The maximum atomic E-state index is 11.3. The zero-order valence-electron chi connectivity index (χ0n) is 9.26. The molecule has 76 valence electrons. The third kappa shape index (κ3) is 3.02. The van der Waals surface area contributed by atoms with Gasteiger partial charge in [0.2, 0.25) is 5.91 Å². The highest BCUT2D eigenvalue weighted by Gasteiger charge is 2.28. The molecule has 1 heterocycles. The number of likely N-dealkylation sites (tertiary alicyclic amines) is 1. The quantitative estimate of drug-likeness (QED) is 0.564. The molecular weight excluding hydrogens is 162 g/mol. The Labute approximate surface area is 81.3 Å². The average molecular weight is 183 g/mol. The van der Waals surface area contributed by atoms with Crippen LogP contribution in [-0.2, 0) is 4.79 Å². The fourth-order valence-corrected chi connectivity index (χ4v) is 2.00. The second-order valence-electron chi connectivity index (χ2n) is 5.21. The number of carbonyl (C=O) groups excluding carboxylic acids is 1. The minimum absolute atomic E-state index is 0.224. The lowest BCUT2D eigenvalue weighted by atomic mass is 9.87. The van der Waals surface area contributed by atoms with E-state index in [0.717, 1.165) is 13.1 Å². The van der Waals surface area contributed by atoms with E-state index >= 15 is 0 Å². The van der Waals surface area contributed by atoms with Crippen LogP contribution in [0.5, 0.6) is 0 Å². The van der Waals surface area contributed by atoms with Crippen molar-refractivity contribution in [2.75, 3.05) is 13.1 Å². The Bertz CT molecular complexity index is 198. The van der Waals surface area contributed by atoms with Crippen LogP contribution in [0.25, 0.3) is 0 Å². The van der Waals surface area contributed by atoms with Gasteiger partial charge in [0.1, 0.15) is 0 Å². The van der Waals surface area contributed by atoms with E-state index in [-0.39, 0.29) is 5.91 Å². The van der Waals surface area contributed by atoms with Crippen LogP contribution in [0.1, 0.15) is 40.5 Å². The van der Waals surface area contributed by atoms with Crippen LogP contribution in [0.15, 0.2) is 0 Å². The Morgan fingerprint density at radius 2 is 2.08 bits per heavy atom. The van der Waals surface area contributed by atoms with Gasteiger partial charge in [-0.25, -0.2) is 0 Å². The predicted molar refractivity (Wildman–Crippen MR) is 54.4 cm³/mol. The number of rotatable bonds is 0. The van der Waals surface area contributed by atoms with Gasteiger partial charge in [0.15, 0.2) is 0 Å². The topological polar surface area (TPSA) is 20.3 Å². The lowest BCUT2D eigenvalue weighted by molar-refractivity contribution is -0.130. The number of amides is 1. The van der Waals surface area contributed by atoms with Crippen LogP contribution < -0.4 is 0 Å². The van der Waals surface area contributed by atoms with E-state index in [2.05, 4.69) is 20.8 Å². The van der Waals surface area contributed by atoms with Crippen molar-refractivity contribution in [1.29, 1.82) is 0 Å². The molecule has 1 saturated heterocycles. The van der Waals surface area contributed by atoms with Crippen LogP contribution >= 0.6 is 0 Å². The van der Waals surface area contributed by atoms with Gasteiger partial charge in [-0.05, 0) is 24.2 Å². The third-order valence-corrected chi connectivity index (χ3v) is 2.91. The van der Waals surface area contributed by atoms with Gasteiger partial charge >= 0.3 is 0 Å². The summed E-state index contributed by atoms with van der Waals surface area (Å²) in [6.45, 7) is 10.3. The van der Waals surface area contributed by atoms with Crippen LogP contribution in [-0.4, -0.2) is 23.9 Å². The first-order valence-corrected chi connectivity index (χ1v) is 5.16. The summed E-state index contributed by atoms with van der Waals surface area (Å²) < 4.78 is 0. The zero-order chi connectivity index (χ0) is 10.1. The summed E-state index contributed by atoms with van der Waals surface area (Å²) in [5.74, 6) is 0.882. The van der Waals surface area contributed by atoms with E-state index in [1.165, 1.54) is 12.8 Å². The van der Waals surface area contributed by atoms with Crippen LogP contribution in [0.4, 0.5) is 0 Å². The first-order valence-electron chi connectivity index (χ1n) is 5.16. The molecule has 0 aromatic heterocycles. The summed E-state index contributed by atoms with van der Waals surface area (Å²) in [6, 6.07) is 0. The summed E-state index contributed by atoms with van der Waals surface area (Å²) in [6.07, 6.45) is 2.48. The monoisotopic (exact) mass is 183 g/mol. The Hall–Kier alpha value is -0.530. The van der Waals surface area contributed by atoms with Gasteiger partial charge in [-0.15, -0.1) is 0 Å². The van der Waals surface area contributed by atoms with Crippen molar-refractivity contribution in [2.24, 2.45) is 11.3 Å². The summed E-state index contributed by atoms with van der Waals surface area (Å²) >= 11 is 0. The normalized spacial score (nSPS) is 28.3. The predicted octanol–water partition coefficient (Wildman–Crippen LogP) is 2.29. The number of nitrogens with zero attached hydrogens (tertiary/aromatic N) is 1. The molecule has 0 aromatic carbocycles. The van der Waals surface area contributed by atoms with Gasteiger partial charge < -0.3 is 4.90 Å². The van der Waals surface area contributed by atoms with E-state index in [4.69, 9.17) is 0 Å². The molecular formula is C11H21NO. The van der Waals surface area contributed by atoms with Gasteiger partial charge in [-0.1, -0.05) is 20.8 Å². The molecule has 1 atom stereocenters. The molecule has 0 radical (unpaired) electrons. The lowest BCUT2D eigenvalue weighted by Gasteiger charge is -2.28. The lowest BCUT2D eigenvalue weighted by Crippen LogP contribution is -2.37. The summed E-state index contributed by atoms with van der Waals surface area (Å²) in [5, 5.41) is 0. The highest BCUT2D eigenvalue weighted by atomic mass is 16.2. The van der Waals surface area contributed by atoms with Crippen molar-refractivity contribution in [2.45, 2.75) is 40.5 Å². The van der Waals surface area contributed by atoms with E-state index in [9.17, 15) is 4.79 Å². The highest BCUT2D eigenvalue weighted by Crippen LogP contribution is 2.30. The minimum Gasteiger partial charge on any atom is -0.342 e. The van der Waals surface area contributed by atoms with Crippen molar-refractivity contribution >= 4 is 5.91 Å². The van der Waals surface area contributed by atoms with Gasteiger partial charge in [0, 0.05) is 20.0 Å². The van der Waals surface area contributed by atoms with E-state index in [1.54, 1.807) is 6.92 Å². The Morgan fingerprint density at radius 3 is 2.62 bits per heavy atom. The molecule has 0 bridgehead atoms. The van der Waals surface area contributed by atoms with Gasteiger partial charge in [0.05, 0.1) is 0 Å². The molecule has 1 aliphatic heterocycles. The largest absolute Gasteiger partial charge is 0.342 e. The summed E-state index contributed by atoms with van der Waals surface area (Å²) in [5.41, 5.74) is 0.302. The highest BCUT2D eigenvalue weighted by molar-refractivity contribution is 5.73. The Balaban J connectivity index is 2.69. The molecule has 2 nitrogen and oxygen atoms in total. The molecule has 0 saturated carbocycles. The SMILES string of the molecule is CC(=O)N1CC(C)CCC(C)(C)C1. The standard InChI is InChI=1S/C11H21NO/c1-9-5-6-11(3,4)8-12(7-9)10(2)13/h9H,5-8H2,1-4H3. The third-order valence-electron chi connectivity index (χ3n) is 2.91. The second kappa shape index (κ2) is 3.69. The molecule has 1 rings (SSSR count). The minimum atomic E-state index is 0.224. The molecule has 0 N–H and O–H groups in total. The summed E-state index contributed by atoms with van der Waals surface area (Å²) in [4.78, 5) is 13.3. The van der Waals surface area contributed by atoms with Crippen molar-refractivity contribution < 1.29 is 4.79 Å². The van der Waals surface area contributed by atoms with E-state index in [1.807, 2.05) is 4.90 Å². The Kier molecular flexibility index (Phi) is 2.99. The fraction of sp³-hybridized carbons (Fsp3) is 0.909. The molecule has 1 amide bonds. The molecule has 0 spiro atoms. The van der Waals surface area contributed by atoms with Crippen molar-refractivity contribution in [1.82, 2.24) is 4.90 Å². The molecule has 1 fully saturated rings. The van der Waals surface area contributed by atoms with E-state index < -0.39 is 0 Å². The van der Waals surface area contributed by atoms with Crippen LogP contribution in [0, 0.1) is 11.3 Å². The van der Waals surface area contributed by atoms with Gasteiger partial charge in [0.25, 0.3) is 0 Å². The van der Waals surface area contributed by atoms with Crippen molar-refractivity contribution in [3.8, 4) is 0 Å². The van der Waals surface area contributed by atoms with Crippen molar-refractivity contribution in [3.63, 3.8) is 0 Å². The second-order valence-corrected chi connectivity index (χ2v) is 5.21. The smallest absolute Gasteiger partial charge is 0.219 e. The van der Waals surface area contributed by atoms with Crippen LogP contribution in [0.2, 0.25) is 0 Å². The van der Waals surface area contributed by atoms with E-state index in [0.29, 0.717) is 11.3 Å². The van der Waals surface area contributed by atoms with Crippen molar-refractivity contribution in [3.05, 3.63) is 0 Å². The molecule has 1 unspecified atom stereocenters. The van der Waals surface area contributed by atoms with Gasteiger partial charge in [-0.2, -0.15) is 0 Å². The number of carbonyl (C=O) groups is 1. The molecule has 1 aliphatic rings.